The fraction of sp³-hybridized carbons (Fsp3) is 0.556. The van der Waals surface area contributed by atoms with Gasteiger partial charge < -0.3 is 19.7 Å². The van der Waals surface area contributed by atoms with Gasteiger partial charge in [0.1, 0.15) is 12.4 Å². The van der Waals surface area contributed by atoms with Crippen LogP contribution in [0.5, 0.6) is 5.75 Å². The van der Waals surface area contributed by atoms with Gasteiger partial charge in [0.25, 0.3) is 0 Å². The van der Waals surface area contributed by atoms with Crippen molar-refractivity contribution in [2.24, 2.45) is 0 Å². The number of likely N-dealkylation sites (N-methyl/N-ethyl adjacent to an activating group) is 1. The lowest BCUT2D eigenvalue weighted by Crippen LogP contribution is -2.29. The molecule has 0 aliphatic rings. The van der Waals surface area contributed by atoms with E-state index in [-0.39, 0.29) is 0 Å². The molecule has 0 heterocycles. The Kier molecular flexibility index (Phi) is 9.55. The standard InChI is InChI=1S/C18H30N2O2/c1-5-6-17-15-16(2)7-8-18(17)22-14-13-21-12-10-19-9-11-20(3)4/h5,7-8,15,19H,1,6,9-14H2,2-4H3. The number of nitrogens with zero attached hydrogens (tertiary/aromatic N) is 1. The lowest BCUT2D eigenvalue weighted by molar-refractivity contribution is 0.101. The van der Waals surface area contributed by atoms with Crippen LogP contribution in [0.3, 0.4) is 0 Å². The molecule has 124 valence electrons. The second kappa shape index (κ2) is 11.2. The van der Waals surface area contributed by atoms with E-state index in [0.29, 0.717) is 19.8 Å². The zero-order valence-electron chi connectivity index (χ0n) is 14.2. The van der Waals surface area contributed by atoms with E-state index in [0.717, 1.165) is 31.8 Å². The van der Waals surface area contributed by atoms with Gasteiger partial charge in [0.15, 0.2) is 0 Å². The van der Waals surface area contributed by atoms with E-state index in [2.05, 4.69) is 49.9 Å². The molecule has 1 rings (SSSR count). The topological polar surface area (TPSA) is 33.7 Å². The summed E-state index contributed by atoms with van der Waals surface area (Å²) in [7, 11) is 4.14. The summed E-state index contributed by atoms with van der Waals surface area (Å²) in [5.41, 5.74) is 2.42. The third kappa shape index (κ3) is 8.17. The molecule has 0 saturated heterocycles. The number of nitrogens with one attached hydrogen (secondary N) is 1. The predicted molar refractivity (Wildman–Crippen MR) is 92.8 cm³/mol. The Morgan fingerprint density at radius 1 is 1.18 bits per heavy atom. The molecule has 0 spiro atoms. The first-order valence-corrected chi connectivity index (χ1v) is 7.90. The molecule has 0 aromatic heterocycles. The highest BCUT2D eigenvalue weighted by Gasteiger charge is 2.02. The monoisotopic (exact) mass is 306 g/mol. The van der Waals surface area contributed by atoms with E-state index in [4.69, 9.17) is 9.47 Å². The summed E-state index contributed by atoms with van der Waals surface area (Å²) >= 11 is 0. The zero-order valence-corrected chi connectivity index (χ0v) is 14.2. The molecular weight excluding hydrogens is 276 g/mol. The second-order valence-corrected chi connectivity index (χ2v) is 5.62. The van der Waals surface area contributed by atoms with Crippen LogP contribution >= 0.6 is 0 Å². The van der Waals surface area contributed by atoms with E-state index in [9.17, 15) is 0 Å². The molecule has 1 N–H and O–H groups in total. The number of benzene rings is 1. The Hall–Kier alpha value is -1.36. The zero-order chi connectivity index (χ0) is 16.2. The van der Waals surface area contributed by atoms with Crippen molar-refractivity contribution in [1.82, 2.24) is 10.2 Å². The normalized spacial score (nSPS) is 10.9. The van der Waals surface area contributed by atoms with Crippen LogP contribution in [0.15, 0.2) is 30.9 Å². The van der Waals surface area contributed by atoms with Crippen molar-refractivity contribution in [2.75, 3.05) is 53.6 Å². The molecule has 0 aliphatic carbocycles. The van der Waals surface area contributed by atoms with Crippen molar-refractivity contribution in [2.45, 2.75) is 13.3 Å². The highest BCUT2D eigenvalue weighted by molar-refractivity contribution is 5.38. The molecule has 0 bridgehead atoms. The quantitative estimate of drug-likeness (QED) is 0.474. The number of allylic oxidation sites excluding steroid dienone is 1. The molecular formula is C18H30N2O2. The van der Waals surface area contributed by atoms with Crippen LogP contribution in [0.25, 0.3) is 0 Å². The Morgan fingerprint density at radius 3 is 2.73 bits per heavy atom. The Labute approximate surface area is 135 Å². The highest BCUT2D eigenvalue weighted by atomic mass is 16.5. The minimum absolute atomic E-state index is 0.574. The molecule has 0 unspecified atom stereocenters. The van der Waals surface area contributed by atoms with Crippen LogP contribution in [-0.4, -0.2) is 58.5 Å². The van der Waals surface area contributed by atoms with Crippen LogP contribution < -0.4 is 10.1 Å². The smallest absolute Gasteiger partial charge is 0.122 e. The molecule has 0 atom stereocenters. The molecule has 0 fully saturated rings. The van der Waals surface area contributed by atoms with E-state index in [1.165, 1.54) is 11.1 Å². The van der Waals surface area contributed by atoms with Crippen LogP contribution in [-0.2, 0) is 11.2 Å². The van der Waals surface area contributed by atoms with E-state index < -0.39 is 0 Å². The third-order valence-electron chi connectivity index (χ3n) is 3.22. The molecule has 0 saturated carbocycles. The van der Waals surface area contributed by atoms with Crippen LogP contribution in [0.4, 0.5) is 0 Å². The maximum atomic E-state index is 5.80. The van der Waals surface area contributed by atoms with Crippen LogP contribution in [0.2, 0.25) is 0 Å². The van der Waals surface area contributed by atoms with Crippen molar-refractivity contribution in [1.29, 1.82) is 0 Å². The first-order valence-electron chi connectivity index (χ1n) is 7.90. The molecule has 1 aromatic rings. The summed E-state index contributed by atoms with van der Waals surface area (Å²) < 4.78 is 11.4. The van der Waals surface area contributed by atoms with Crippen molar-refractivity contribution in [3.8, 4) is 5.75 Å². The SMILES string of the molecule is C=CCc1cc(C)ccc1OCCOCCNCCN(C)C. The average molecular weight is 306 g/mol. The Balaban J connectivity index is 2.13. The fourth-order valence-electron chi connectivity index (χ4n) is 2.05. The van der Waals surface area contributed by atoms with Crippen molar-refractivity contribution >= 4 is 0 Å². The average Bonchev–Trinajstić information content (AvgIpc) is 2.47. The van der Waals surface area contributed by atoms with E-state index in [1.807, 2.05) is 12.1 Å². The number of hydrogen-bond donors (Lipinski definition) is 1. The molecule has 1 aromatic carbocycles. The number of ether oxygens (including phenoxy) is 2. The van der Waals surface area contributed by atoms with E-state index >= 15 is 0 Å². The van der Waals surface area contributed by atoms with Gasteiger partial charge in [-0.15, -0.1) is 6.58 Å². The van der Waals surface area contributed by atoms with Gasteiger partial charge in [-0.2, -0.15) is 0 Å². The van der Waals surface area contributed by atoms with Gasteiger partial charge in [0, 0.05) is 19.6 Å². The van der Waals surface area contributed by atoms with Crippen molar-refractivity contribution in [3.05, 3.63) is 42.0 Å². The number of hydrogen-bond acceptors (Lipinski definition) is 4. The maximum absolute atomic E-state index is 5.80. The minimum Gasteiger partial charge on any atom is -0.491 e. The van der Waals surface area contributed by atoms with Gasteiger partial charge in [0.05, 0.1) is 13.2 Å². The highest BCUT2D eigenvalue weighted by Crippen LogP contribution is 2.20. The summed E-state index contributed by atoms with van der Waals surface area (Å²) in [6.07, 6.45) is 2.73. The number of aryl methyl sites for hydroxylation is 1. The van der Waals surface area contributed by atoms with Crippen molar-refractivity contribution < 1.29 is 9.47 Å². The first kappa shape index (κ1) is 18.7. The third-order valence-corrected chi connectivity index (χ3v) is 3.22. The summed E-state index contributed by atoms with van der Waals surface area (Å²) in [5.74, 6) is 0.929. The summed E-state index contributed by atoms with van der Waals surface area (Å²) in [5, 5.41) is 3.34. The molecule has 4 heteroatoms. The molecule has 0 amide bonds. The first-order chi connectivity index (χ1) is 10.6. The van der Waals surface area contributed by atoms with Gasteiger partial charge in [-0.1, -0.05) is 23.8 Å². The molecule has 4 nitrogen and oxygen atoms in total. The van der Waals surface area contributed by atoms with Gasteiger partial charge in [-0.05, 0) is 39.1 Å². The van der Waals surface area contributed by atoms with Gasteiger partial charge in [-0.25, -0.2) is 0 Å². The molecule has 0 aliphatic heterocycles. The lowest BCUT2D eigenvalue weighted by Gasteiger charge is -2.12. The lowest BCUT2D eigenvalue weighted by atomic mass is 10.1. The summed E-state index contributed by atoms with van der Waals surface area (Å²) in [4.78, 5) is 2.16. The molecule has 0 radical (unpaired) electrons. The largest absolute Gasteiger partial charge is 0.491 e. The minimum atomic E-state index is 0.574. The number of rotatable bonds is 12. The van der Waals surface area contributed by atoms with Gasteiger partial charge in [0.2, 0.25) is 0 Å². The van der Waals surface area contributed by atoms with E-state index in [1.54, 1.807) is 0 Å². The summed E-state index contributed by atoms with van der Waals surface area (Å²) in [6, 6.07) is 6.24. The maximum Gasteiger partial charge on any atom is 0.122 e. The second-order valence-electron chi connectivity index (χ2n) is 5.62. The van der Waals surface area contributed by atoms with Crippen LogP contribution in [0.1, 0.15) is 11.1 Å². The Morgan fingerprint density at radius 2 is 2.00 bits per heavy atom. The summed E-state index contributed by atoms with van der Waals surface area (Å²) in [6.45, 7) is 10.7. The Bertz CT molecular complexity index is 433. The van der Waals surface area contributed by atoms with Gasteiger partial charge >= 0.3 is 0 Å². The van der Waals surface area contributed by atoms with Crippen LogP contribution in [0, 0.1) is 6.92 Å². The molecule has 22 heavy (non-hydrogen) atoms. The van der Waals surface area contributed by atoms with Gasteiger partial charge in [-0.3, -0.25) is 0 Å². The predicted octanol–water partition coefficient (Wildman–Crippen LogP) is 2.27. The van der Waals surface area contributed by atoms with Crippen molar-refractivity contribution in [3.63, 3.8) is 0 Å². The fourth-order valence-corrected chi connectivity index (χ4v) is 2.05.